The molecule has 2 rings (SSSR count). The standard InChI is InChI=1S/C18H23Cl2N3O4S/c1-28(25,26)23-13-5-7-15(8-6-13)27-12-14(24)11-21-9-10-22-18-16(19)3-2-4-17(18)20/h2-8,14,21-24H,9-12H2,1H3. The molecule has 0 amide bonds. The minimum Gasteiger partial charge on any atom is -0.491 e. The smallest absolute Gasteiger partial charge is 0.229 e. The molecule has 0 aromatic heterocycles. The lowest BCUT2D eigenvalue weighted by molar-refractivity contribution is 0.107. The third kappa shape index (κ3) is 8.12. The van der Waals surface area contributed by atoms with Crippen molar-refractivity contribution < 1.29 is 18.3 Å². The first kappa shape index (κ1) is 22.6. The van der Waals surface area contributed by atoms with Crippen LogP contribution < -0.4 is 20.1 Å². The number of halogens is 2. The maximum Gasteiger partial charge on any atom is 0.229 e. The third-order valence-electron chi connectivity index (χ3n) is 3.55. The SMILES string of the molecule is CS(=O)(=O)Nc1ccc(OCC(O)CNCCNc2c(Cl)cccc2Cl)cc1. The second-order valence-electron chi connectivity index (χ2n) is 6.09. The minimum atomic E-state index is -3.31. The Bertz CT molecular complexity index is 843. The van der Waals surface area contributed by atoms with Crippen molar-refractivity contribution >= 4 is 44.6 Å². The first-order valence-electron chi connectivity index (χ1n) is 8.52. The van der Waals surface area contributed by atoms with Gasteiger partial charge in [-0.05, 0) is 36.4 Å². The van der Waals surface area contributed by atoms with E-state index in [9.17, 15) is 13.5 Å². The largest absolute Gasteiger partial charge is 0.491 e. The Morgan fingerprint density at radius 1 is 1.07 bits per heavy atom. The van der Waals surface area contributed by atoms with Gasteiger partial charge < -0.3 is 20.5 Å². The van der Waals surface area contributed by atoms with Crippen LogP contribution in [0, 0.1) is 0 Å². The molecule has 2 aromatic rings. The average molecular weight is 448 g/mol. The van der Waals surface area contributed by atoms with Crippen LogP contribution in [0.15, 0.2) is 42.5 Å². The van der Waals surface area contributed by atoms with Crippen LogP contribution in [0.2, 0.25) is 10.0 Å². The van der Waals surface area contributed by atoms with Crippen LogP contribution in [0.4, 0.5) is 11.4 Å². The molecule has 0 bridgehead atoms. The fraction of sp³-hybridized carbons (Fsp3) is 0.333. The molecule has 0 radical (unpaired) electrons. The third-order valence-corrected chi connectivity index (χ3v) is 4.78. The quantitative estimate of drug-likeness (QED) is 0.395. The van der Waals surface area contributed by atoms with Gasteiger partial charge in [0.1, 0.15) is 18.5 Å². The number of nitrogens with one attached hydrogen (secondary N) is 3. The number of anilines is 2. The van der Waals surface area contributed by atoms with Crippen molar-refractivity contribution in [3.8, 4) is 5.75 Å². The van der Waals surface area contributed by atoms with Crippen molar-refractivity contribution in [3.05, 3.63) is 52.5 Å². The number of aliphatic hydroxyl groups is 1. The first-order chi connectivity index (χ1) is 13.2. The molecule has 0 heterocycles. The maximum atomic E-state index is 11.2. The number of aliphatic hydroxyl groups excluding tert-OH is 1. The summed E-state index contributed by atoms with van der Waals surface area (Å²) in [5.41, 5.74) is 1.13. The molecule has 154 valence electrons. The van der Waals surface area contributed by atoms with Crippen LogP contribution in [-0.4, -0.2) is 52.1 Å². The van der Waals surface area contributed by atoms with E-state index >= 15 is 0 Å². The van der Waals surface area contributed by atoms with Gasteiger partial charge in [-0.25, -0.2) is 8.42 Å². The zero-order chi connectivity index (χ0) is 20.6. The van der Waals surface area contributed by atoms with Crippen LogP contribution in [-0.2, 0) is 10.0 Å². The van der Waals surface area contributed by atoms with E-state index in [2.05, 4.69) is 15.4 Å². The molecule has 0 aliphatic rings. The summed E-state index contributed by atoms with van der Waals surface area (Å²) in [5.74, 6) is 0.535. The summed E-state index contributed by atoms with van der Waals surface area (Å²) in [7, 11) is -3.31. The van der Waals surface area contributed by atoms with Crippen molar-refractivity contribution in [2.45, 2.75) is 6.10 Å². The predicted octanol–water partition coefficient (Wildman–Crippen LogP) is 2.81. The van der Waals surface area contributed by atoms with Gasteiger partial charge in [-0.15, -0.1) is 0 Å². The number of ether oxygens (including phenoxy) is 1. The normalized spacial score (nSPS) is 12.4. The highest BCUT2D eigenvalue weighted by Gasteiger charge is 2.07. The summed E-state index contributed by atoms with van der Waals surface area (Å²) in [5, 5.41) is 17.3. The Kier molecular flexibility index (Phi) is 8.65. The summed E-state index contributed by atoms with van der Waals surface area (Å²) in [6, 6.07) is 11.7. The summed E-state index contributed by atoms with van der Waals surface area (Å²) in [6.45, 7) is 1.65. The summed E-state index contributed by atoms with van der Waals surface area (Å²) < 4.78 is 30.2. The number of hydrogen-bond acceptors (Lipinski definition) is 6. The lowest BCUT2D eigenvalue weighted by Crippen LogP contribution is -2.34. The van der Waals surface area contributed by atoms with Crippen molar-refractivity contribution in [3.63, 3.8) is 0 Å². The number of para-hydroxylation sites is 1. The lowest BCUT2D eigenvalue weighted by atomic mass is 10.3. The monoisotopic (exact) mass is 447 g/mol. The van der Waals surface area contributed by atoms with E-state index in [0.29, 0.717) is 46.8 Å². The van der Waals surface area contributed by atoms with Crippen molar-refractivity contribution in [1.29, 1.82) is 0 Å². The Balaban J connectivity index is 1.64. The molecular formula is C18H23Cl2N3O4S. The highest BCUT2D eigenvalue weighted by Crippen LogP contribution is 2.29. The van der Waals surface area contributed by atoms with E-state index in [1.54, 1.807) is 42.5 Å². The van der Waals surface area contributed by atoms with Gasteiger partial charge in [0.05, 0.1) is 22.0 Å². The fourth-order valence-corrected chi connectivity index (χ4v) is 3.39. The molecular weight excluding hydrogens is 425 g/mol. The van der Waals surface area contributed by atoms with Crippen LogP contribution in [0.3, 0.4) is 0 Å². The van der Waals surface area contributed by atoms with Crippen molar-refractivity contribution in [2.75, 3.05) is 42.5 Å². The molecule has 0 saturated heterocycles. The van der Waals surface area contributed by atoms with Crippen molar-refractivity contribution in [1.82, 2.24) is 5.32 Å². The molecule has 2 aromatic carbocycles. The molecule has 0 aliphatic carbocycles. The van der Waals surface area contributed by atoms with Gasteiger partial charge in [0.15, 0.2) is 0 Å². The first-order valence-corrected chi connectivity index (χ1v) is 11.2. The summed E-state index contributed by atoms with van der Waals surface area (Å²) >= 11 is 12.2. The second-order valence-corrected chi connectivity index (χ2v) is 8.65. The molecule has 1 unspecified atom stereocenters. The molecule has 0 saturated carbocycles. The van der Waals surface area contributed by atoms with Gasteiger partial charge in [-0.3, -0.25) is 4.72 Å². The molecule has 0 fully saturated rings. The topological polar surface area (TPSA) is 99.7 Å². The van der Waals surface area contributed by atoms with E-state index in [4.69, 9.17) is 27.9 Å². The van der Waals surface area contributed by atoms with Crippen LogP contribution in [0.25, 0.3) is 0 Å². The van der Waals surface area contributed by atoms with E-state index in [1.807, 2.05) is 0 Å². The fourth-order valence-electron chi connectivity index (χ4n) is 2.30. The Hall–Kier alpha value is -1.71. The van der Waals surface area contributed by atoms with Gasteiger partial charge >= 0.3 is 0 Å². The minimum absolute atomic E-state index is 0.107. The molecule has 0 aliphatic heterocycles. The second kappa shape index (κ2) is 10.7. The van der Waals surface area contributed by atoms with Crippen LogP contribution in [0.5, 0.6) is 5.75 Å². The lowest BCUT2D eigenvalue weighted by Gasteiger charge is -2.15. The van der Waals surface area contributed by atoms with E-state index in [0.717, 1.165) is 6.26 Å². The Labute approximate surface area is 175 Å². The summed E-state index contributed by atoms with van der Waals surface area (Å²) in [4.78, 5) is 0. The highest BCUT2D eigenvalue weighted by molar-refractivity contribution is 7.92. The zero-order valence-corrected chi connectivity index (χ0v) is 17.6. The van der Waals surface area contributed by atoms with Crippen LogP contribution >= 0.6 is 23.2 Å². The van der Waals surface area contributed by atoms with E-state index in [1.165, 1.54) is 0 Å². The highest BCUT2D eigenvalue weighted by atomic mass is 35.5. The Morgan fingerprint density at radius 3 is 2.32 bits per heavy atom. The van der Waals surface area contributed by atoms with Crippen LogP contribution in [0.1, 0.15) is 0 Å². The predicted molar refractivity (Wildman–Crippen MR) is 114 cm³/mol. The zero-order valence-electron chi connectivity index (χ0n) is 15.3. The number of rotatable bonds is 11. The van der Waals surface area contributed by atoms with E-state index in [-0.39, 0.29) is 6.61 Å². The molecule has 10 heteroatoms. The van der Waals surface area contributed by atoms with Crippen molar-refractivity contribution in [2.24, 2.45) is 0 Å². The van der Waals surface area contributed by atoms with Gasteiger partial charge in [0.25, 0.3) is 0 Å². The summed E-state index contributed by atoms with van der Waals surface area (Å²) in [6.07, 6.45) is 0.386. The molecule has 28 heavy (non-hydrogen) atoms. The Morgan fingerprint density at radius 2 is 1.71 bits per heavy atom. The molecule has 0 spiro atoms. The van der Waals surface area contributed by atoms with Gasteiger partial charge in [0.2, 0.25) is 10.0 Å². The molecule has 4 N–H and O–H groups in total. The molecule has 1 atom stereocenters. The van der Waals surface area contributed by atoms with E-state index < -0.39 is 16.1 Å². The number of sulfonamides is 1. The molecule has 7 nitrogen and oxygen atoms in total. The number of benzene rings is 2. The maximum absolute atomic E-state index is 11.2. The number of hydrogen-bond donors (Lipinski definition) is 4. The van der Waals surface area contributed by atoms with Gasteiger partial charge in [-0.2, -0.15) is 0 Å². The van der Waals surface area contributed by atoms with Gasteiger partial charge in [-0.1, -0.05) is 29.3 Å². The van der Waals surface area contributed by atoms with Gasteiger partial charge in [0, 0.05) is 25.3 Å². The average Bonchev–Trinajstić information content (AvgIpc) is 2.62.